The van der Waals surface area contributed by atoms with Gasteiger partial charge in [-0.3, -0.25) is 0 Å². The van der Waals surface area contributed by atoms with Crippen LogP contribution < -0.4 is 4.90 Å². The minimum Gasteiger partial charge on any atom is -0.444 e. The first-order chi connectivity index (χ1) is 15.2. The smallest absolute Gasteiger partial charge is 0.410 e. The first-order valence-corrected chi connectivity index (χ1v) is 13.3. The lowest BCUT2D eigenvalue weighted by molar-refractivity contribution is 0.0210. The fourth-order valence-corrected chi connectivity index (χ4v) is 6.33. The number of carbonyl (C=O) groups excluding carboxylic acids is 1. The lowest BCUT2D eigenvalue weighted by atomic mass is 10.0. The summed E-state index contributed by atoms with van der Waals surface area (Å²) in [6.07, 6.45) is 3.91. The van der Waals surface area contributed by atoms with E-state index in [0.717, 1.165) is 44.5 Å². The average molecular weight is 541 g/mol. The summed E-state index contributed by atoms with van der Waals surface area (Å²) in [5, 5.41) is 2.67. The normalized spacial score (nSPS) is 22.6. The summed E-state index contributed by atoms with van der Waals surface area (Å²) in [4.78, 5) is 22.0. The van der Waals surface area contributed by atoms with Crippen LogP contribution in [0.4, 0.5) is 10.5 Å². The number of aromatic nitrogens is 1. The maximum absolute atomic E-state index is 12.8. The number of hydrogen-bond acceptors (Lipinski definition) is 6. The maximum atomic E-state index is 12.8. The number of thioether (sulfide) groups is 1. The molecule has 3 aliphatic rings. The van der Waals surface area contributed by atoms with Gasteiger partial charge in [-0.2, -0.15) is 0 Å². The van der Waals surface area contributed by atoms with Crippen molar-refractivity contribution in [2.75, 3.05) is 24.2 Å². The van der Waals surface area contributed by atoms with Gasteiger partial charge in [-0.05, 0) is 73.0 Å². The summed E-state index contributed by atoms with van der Waals surface area (Å²) in [5.41, 5.74) is 3.76. The van der Waals surface area contributed by atoms with E-state index in [4.69, 9.17) is 26.1 Å². The van der Waals surface area contributed by atoms with Crippen molar-refractivity contribution in [3.63, 3.8) is 0 Å². The van der Waals surface area contributed by atoms with Crippen LogP contribution >= 0.6 is 39.3 Å². The van der Waals surface area contributed by atoms with Gasteiger partial charge in [0.2, 0.25) is 0 Å². The van der Waals surface area contributed by atoms with E-state index in [1.54, 1.807) is 11.8 Å². The van der Waals surface area contributed by atoms with Crippen LogP contribution in [0.15, 0.2) is 15.6 Å². The summed E-state index contributed by atoms with van der Waals surface area (Å²) < 4.78 is 12.4. The van der Waals surface area contributed by atoms with E-state index in [2.05, 4.69) is 26.9 Å². The van der Waals surface area contributed by atoms with Gasteiger partial charge in [0.05, 0.1) is 28.8 Å². The zero-order valence-electron chi connectivity index (χ0n) is 18.7. The Bertz CT molecular complexity index is 1090. The molecule has 1 aromatic carbocycles. The highest BCUT2D eigenvalue weighted by molar-refractivity contribution is 9.10. The Morgan fingerprint density at radius 2 is 1.91 bits per heavy atom. The van der Waals surface area contributed by atoms with Crippen LogP contribution in [0.3, 0.4) is 0 Å². The molecule has 2 aromatic rings. The number of nitrogens with zero attached hydrogens (tertiary/aromatic N) is 3. The summed E-state index contributed by atoms with van der Waals surface area (Å²) in [7, 11) is 0. The van der Waals surface area contributed by atoms with Gasteiger partial charge in [0.1, 0.15) is 5.60 Å². The summed E-state index contributed by atoms with van der Waals surface area (Å²) in [6, 6.07) is 2.66. The van der Waals surface area contributed by atoms with E-state index in [1.807, 2.05) is 31.9 Å². The molecule has 0 N–H and O–H groups in total. The van der Waals surface area contributed by atoms with E-state index in [-0.39, 0.29) is 18.2 Å². The van der Waals surface area contributed by atoms with E-state index in [9.17, 15) is 4.79 Å². The zero-order chi connectivity index (χ0) is 22.8. The van der Waals surface area contributed by atoms with Crippen LogP contribution in [0.25, 0.3) is 10.9 Å². The third kappa shape index (κ3) is 3.77. The molecule has 2 bridgehead atoms. The Morgan fingerprint density at radius 1 is 1.25 bits per heavy atom. The molecule has 32 heavy (non-hydrogen) atoms. The van der Waals surface area contributed by atoms with Crippen LogP contribution in [0, 0.1) is 0 Å². The molecule has 172 valence electrons. The van der Waals surface area contributed by atoms with Crippen molar-refractivity contribution >= 4 is 62.0 Å². The van der Waals surface area contributed by atoms with Crippen molar-refractivity contribution in [1.29, 1.82) is 0 Å². The number of fused-ring (bicyclic) bond motifs is 5. The number of piperazine rings is 1. The fraction of sp³-hybridized carbons (Fsp3) is 0.565. The molecule has 3 aliphatic heterocycles. The number of carbonyl (C=O) groups is 1. The summed E-state index contributed by atoms with van der Waals surface area (Å²) in [6.45, 7) is 8.16. The number of hydrogen-bond donors (Lipinski definition) is 0. The molecule has 5 rings (SSSR count). The molecule has 9 heteroatoms. The lowest BCUT2D eigenvalue weighted by Gasteiger charge is -2.43. The van der Waals surface area contributed by atoms with Gasteiger partial charge in [0.15, 0.2) is 0 Å². The summed E-state index contributed by atoms with van der Waals surface area (Å²) in [5.74, 6) is 0. The highest BCUT2D eigenvalue weighted by Crippen LogP contribution is 2.47. The van der Waals surface area contributed by atoms with Gasteiger partial charge in [0.25, 0.3) is 0 Å². The van der Waals surface area contributed by atoms with Gasteiger partial charge < -0.3 is 19.3 Å². The molecule has 2 saturated heterocycles. The molecule has 1 amide bonds. The highest BCUT2D eigenvalue weighted by Gasteiger charge is 2.43. The number of ether oxygens (including phenoxy) is 2. The first kappa shape index (κ1) is 22.6. The third-order valence-electron chi connectivity index (χ3n) is 6.42. The van der Waals surface area contributed by atoms with Crippen molar-refractivity contribution in [2.24, 2.45) is 0 Å². The van der Waals surface area contributed by atoms with Gasteiger partial charge in [-0.1, -0.05) is 11.6 Å². The minimum atomic E-state index is -0.494. The largest absolute Gasteiger partial charge is 0.444 e. The molecular weight excluding hydrogens is 514 g/mol. The second-order valence-electron chi connectivity index (χ2n) is 9.66. The molecule has 0 radical (unpaired) electrons. The molecule has 2 unspecified atom stereocenters. The number of pyridine rings is 1. The van der Waals surface area contributed by atoms with Crippen molar-refractivity contribution in [1.82, 2.24) is 9.88 Å². The number of amides is 1. The van der Waals surface area contributed by atoms with Crippen LogP contribution in [0.2, 0.25) is 5.02 Å². The fourth-order valence-electron chi connectivity index (χ4n) is 5.13. The Morgan fingerprint density at radius 3 is 2.53 bits per heavy atom. The predicted octanol–water partition coefficient (Wildman–Crippen LogP) is 5.99. The molecule has 0 aliphatic carbocycles. The minimum absolute atomic E-state index is 0.222. The van der Waals surface area contributed by atoms with Crippen LogP contribution in [-0.4, -0.2) is 53.0 Å². The van der Waals surface area contributed by atoms with E-state index >= 15 is 0 Å². The van der Waals surface area contributed by atoms with Gasteiger partial charge in [0, 0.05) is 40.7 Å². The molecule has 6 nitrogen and oxygen atoms in total. The number of anilines is 1. The van der Waals surface area contributed by atoms with E-state index < -0.39 is 5.60 Å². The molecular formula is C23H27BrClN3O3S. The maximum Gasteiger partial charge on any atom is 0.410 e. The van der Waals surface area contributed by atoms with E-state index in [1.165, 1.54) is 5.56 Å². The average Bonchev–Trinajstić information content (AvgIpc) is 3.32. The molecule has 0 spiro atoms. The Labute approximate surface area is 206 Å². The van der Waals surface area contributed by atoms with Crippen LogP contribution in [-0.2, 0) is 22.7 Å². The number of benzene rings is 1. The van der Waals surface area contributed by atoms with Crippen LogP contribution in [0.1, 0.15) is 44.7 Å². The van der Waals surface area contributed by atoms with Crippen molar-refractivity contribution < 1.29 is 14.3 Å². The number of halogens is 2. The summed E-state index contributed by atoms with van der Waals surface area (Å²) >= 11 is 12.1. The Hall–Kier alpha value is -1.22. The highest BCUT2D eigenvalue weighted by atomic mass is 79.9. The molecule has 0 saturated carbocycles. The SMILES string of the molecule is CSc1cc(N2C3CCC2CN(C(=O)OC(C)(C)C)C3)c2c3c(c(Br)c(Cl)c2n1)COC3. The monoisotopic (exact) mass is 539 g/mol. The van der Waals surface area contributed by atoms with Gasteiger partial charge >= 0.3 is 6.09 Å². The van der Waals surface area contributed by atoms with Crippen molar-refractivity contribution in [2.45, 2.75) is 69.5 Å². The Balaban J connectivity index is 1.58. The van der Waals surface area contributed by atoms with Gasteiger partial charge in [-0.25, -0.2) is 9.78 Å². The van der Waals surface area contributed by atoms with Crippen molar-refractivity contribution in [3.05, 3.63) is 26.7 Å². The Kier molecular flexibility index (Phi) is 5.80. The molecule has 4 heterocycles. The number of likely N-dealkylation sites (tertiary alicyclic amines) is 1. The van der Waals surface area contributed by atoms with E-state index in [0.29, 0.717) is 31.3 Å². The van der Waals surface area contributed by atoms with Crippen LogP contribution in [0.5, 0.6) is 0 Å². The topological polar surface area (TPSA) is 54.9 Å². The molecule has 1 aromatic heterocycles. The molecule has 2 fully saturated rings. The molecule has 2 atom stereocenters. The predicted molar refractivity (Wildman–Crippen MR) is 132 cm³/mol. The quantitative estimate of drug-likeness (QED) is 0.436. The third-order valence-corrected chi connectivity index (χ3v) is 8.52. The van der Waals surface area contributed by atoms with Crippen molar-refractivity contribution in [3.8, 4) is 0 Å². The first-order valence-electron chi connectivity index (χ1n) is 10.9. The van der Waals surface area contributed by atoms with Gasteiger partial charge in [-0.15, -0.1) is 11.8 Å². The zero-order valence-corrected chi connectivity index (χ0v) is 21.9. The number of rotatable bonds is 2. The second-order valence-corrected chi connectivity index (χ2v) is 11.7. The second kappa shape index (κ2) is 8.22. The standard InChI is InChI=1S/C23H27BrClN3O3S/c1-23(2,3)31-22(29)27-8-12-5-6-13(9-27)28(12)16-7-17(32-4)26-21-18(16)14-10-30-11-15(14)19(24)20(21)25/h7,12-13H,5-6,8-11H2,1-4H3. The lowest BCUT2D eigenvalue weighted by Crippen LogP contribution is -2.56.